The number of rotatable bonds is 4. The van der Waals surface area contributed by atoms with Crippen LogP contribution >= 0.6 is 0 Å². The van der Waals surface area contributed by atoms with Crippen LogP contribution in [0.15, 0.2) is 18.5 Å². The van der Waals surface area contributed by atoms with Crippen molar-refractivity contribution >= 4 is 11.6 Å². The number of halogens is 2. The molecule has 1 unspecified atom stereocenters. The molecule has 2 heterocycles. The molecule has 0 aliphatic rings. The number of nitrogens with zero attached hydrogens (tertiary/aromatic N) is 4. The molecule has 2 rings (SSSR count). The normalized spacial score (nSPS) is 12.7. The smallest absolute Gasteiger partial charge is 0.284 e. The molecule has 8 heteroatoms. The van der Waals surface area contributed by atoms with Crippen molar-refractivity contribution in [1.29, 1.82) is 0 Å². The van der Waals surface area contributed by atoms with Gasteiger partial charge < -0.3 is 5.32 Å². The van der Waals surface area contributed by atoms with E-state index in [9.17, 15) is 13.6 Å². The number of amides is 1. The Morgan fingerprint density at radius 1 is 1.40 bits per heavy atom. The standard InChI is InChI=1S/C12H15F2N5O/c1-7(9-4-5-15-19(9)3)12(20)16-8-6-18(2)17-10(8)11(13)14/h4-7,11H,1-3H3,(H,16,20). The van der Waals surface area contributed by atoms with Gasteiger partial charge in [0.05, 0.1) is 17.3 Å². The molecule has 6 nitrogen and oxygen atoms in total. The third-order valence-electron chi connectivity index (χ3n) is 3.02. The Labute approximate surface area is 114 Å². The maximum atomic E-state index is 12.8. The number of nitrogens with one attached hydrogen (secondary N) is 1. The summed E-state index contributed by atoms with van der Waals surface area (Å²) in [4.78, 5) is 12.1. The fourth-order valence-electron chi connectivity index (χ4n) is 1.95. The first-order valence-corrected chi connectivity index (χ1v) is 6.00. The second-order valence-corrected chi connectivity index (χ2v) is 4.49. The predicted molar refractivity (Wildman–Crippen MR) is 68.4 cm³/mol. The summed E-state index contributed by atoms with van der Waals surface area (Å²) < 4.78 is 28.4. The molecule has 0 radical (unpaired) electrons. The van der Waals surface area contributed by atoms with E-state index in [4.69, 9.17) is 0 Å². The van der Waals surface area contributed by atoms with E-state index < -0.39 is 18.0 Å². The molecule has 0 spiro atoms. The summed E-state index contributed by atoms with van der Waals surface area (Å²) >= 11 is 0. The van der Waals surface area contributed by atoms with Crippen LogP contribution in [0.5, 0.6) is 0 Å². The highest BCUT2D eigenvalue weighted by atomic mass is 19.3. The molecule has 0 bridgehead atoms. The SMILES string of the molecule is CC(C(=O)Nc1cn(C)nc1C(F)F)c1ccnn1C. The molecule has 0 aliphatic carbocycles. The van der Waals surface area contributed by atoms with Crippen molar-refractivity contribution in [3.63, 3.8) is 0 Å². The van der Waals surface area contributed by atoms with Gasteiger partial charge in [0.1, 0.15) is 0 Å². The number of aryl methyl sites for hydroxylation is 2. The second-order valence-electron chi connectivity index (χ2n) is 4.49. The summed E-state index contributed by atoms with van der Waals surface area (Å²) in [5.74, 6) is -0.892. The molecule has 2 aromatic rings. The van der Waals surface area contributed by atoms with Crippen LogP contribution in [0.1, 0.15) is 30.7 Å². The van der Waals surface area contributed by atoms with Gasteiger partial charge in [0.15, 0.2) is 5.69 Å². The van der Waals surface area contributed by atoms with E-state index >= 15 is 0 Å². The molecular formula is C12H15F2N5O. The predicted octanol–water partition coefficient (Wildman–Crippen LogP) is 1.83. The number of carbonyl (C=O) groups excluding carboxylic acids is 1. The van der Waals surface area contributed by atoms with Crippen molar-refractivity contribution in [2.45, 2.75) is 19.3 Å². The Morgan fingerprint density at radius 3 is 2.65 bits per heavy atom. The number of carbonyl (C=O) groups is 1. The molecule has 0 aliphatic heterocycles. The lowest BCUT2D eigenvalue weighted by molar-refractivity contribution is -0.117. The first kappa shape index (κ1) is 14.2. The average Bonchev–Trinajstić information content (AvgIpc) is 2.94. The fraction of sp³-hybridized carbons (Fsp3) is 0.417. The lowest BCUT2D eigenvalue weighted by atomic mass is 10.1. The van der Waals surface area contributed by atoms with E-state index in [0.29, 0.717) is 5.69 Å². The Morgan fingerprint density at radius 2 is 2.10 bits per heavy atom. The van der Waals surface area contributed by atoms with Crippen molar-refractivity contribution in [1.82, 2.24) is 19.6 Å². The van der Waals surface area contributed by atoms with Gasteiger partial charge in [-0.25, -0.2) is 8.78 Å². The molecule has 2 aromatic heterocycles. The van der Waals surface area contributed by atoms with Gasteiger partial charge in [0.2, 0.25) is 5.91 Å². The van der Waals surface area contributed by atoms with Crippen molar-refractivity contribution in [2.75, 3.05) is 5.32 Å². The highest BCUT2D eigenvalue weighted by Crippen LogP contribution is 2.26. The van der Waals surface area contributed by atoms with Crippen LogP contribution in [0, 0.1) is 0 Å². The van der Waals surface area contributed by atoms with Gasteiger partial charge in [0.25, 0.3) is 6.43 Å². The van der Waals surface area contributed by atoms with Gasteiger partial charge in [-0.05, 0) is 13.0 Å². The van der Waals surface area contributed by atoms with E-state index in [1.165, 1.54) is 17.9 Å². The minimum atomic E-state index is -2.74. The first-order chi connectivity index (χ1) is 9.40. The number of hydrogen-bond donors (Lipinski definition) is 1. The van der Waals surface area contributed by atoms with Gasteiger partial charge in [-0.15, -0.1) is 0 Å². The number of aromatic nitrogens is 4. The second kappa shape index (κ2) is 5.40. The highest BCUT2D eigenvalue weighted by Gasteiger charge is 2.23. The molecule has 0 saturated carbocycles. The molecule has 0 fully saturated rings. The largest absolute Gasteiger partial charge is 0.322 e. The summed E-state index contributed by atoms with van der Waals surface area (Å²) in [6, 6.07) is 1.71. The maximum absolute atomic E-state index is 12.8. The quantitative estimate of drug-likeness (QED) is 0.931. The Kier molecular flexibility index (Phi) is 3.82. The number of alkyl halides is 2. The number of hydrogen-bond acceptors (Lipinski definition) is 3. The van der Waals surface area contributed by atoms with Gasteiger partial charge in [0, 0.05) is 26.5 Å². The van der Waals surface area contributed by atoms with Crippen molar-refractivity contribution in [3.05, 3.63) is 29.8 Å². The third kappa shape index (κ3) is 2.68. The van der Waals surface area contributed by atoms with Gasteiger partial charge in [-0.1, -0.05) is 0 Å². The molecule has 0 saturated heterocycles. The van der Waals surface area contributed by atoms with Crippen LogP contribution in [0.4, 0.5) is 14.5 Å². The molecule has 1 N–H and O–H groups in total. The Balaban J connectivity index is 2.18. The molecule has 20 heavy (non-hydrogen) atoms. The van der Waals surface area contributed by atoms with Crippen LogP contribution in [0.2, 0.25) is 0 Å². The van der Waals surface area contributed by atoms with Gasteiger partial charge in [-0.3, -0.25) is 14.2 Å². The zero-order valence-corrected chi connectivity index (χ0v) is 11.3. The van der Waals surface area contributed by atoms with Crippen LogP contribution in [-0.2, 0) is 18.9 Å². The summed E-state index contributed by atoms with van der Waals surface area (Å²) in [6.45, 7) is 1.69. The zero-order chi connectivity index (χ0) is 14.9. The summed E-state index contributed by atoms with van der Waals surface area (Å²) in [5, 5.41) is 10.1. The van der Waals surface area contributed by atoms with Crippen molar-refractivity contribution < 1.29 is 13.6 Å². The lowest BCUT2D eigenvalue weighted by Gasteiger charge is -2.12. The third-order valence-corrected chi connectivity index (χ3v) is 3.02. The van der Waals surface area contributed by atoms with Gasteiger partial charge >= 0.3 is 0 Å². The van der Waals surface area contributed by atoms with E-state index in [0.717, 1.165) is 0 Å². The van der Waals surface area contributed by atoms with Gasteiger partial charge in [-0.2, -0.15) is 10.2 Å². The topological polar surface area (TPSA) is 64.7 Å². The zero-order valence-electron chi connectivity index (χ0n) is 11.3. The molecule has 1 atom stereocenters. The van der Waals surface area contributed by atoms with E-state index in [1.807, 2.05) is 0 Å². The van der Waals surface area contributed by atoms with E-state index in [-0.39, 0.29) is 11.6 Å². The molecule has 1 amide bonds. The summed E-state index contributed by atoms with van der Waals surface area (Å²) in [5.41, 5.74) is 0.296. The van der Waals surface area contributed by atoms with E-state index in [1.54, 1.807) is 30.9 Å². The maximum Gasteiger partial charge on any atom is 0.284 e. The summed E-state index contributed by atoms with van der Waals surface area (Å²) in [7, 11) is 3.24. The average molecular weight is 283 g/mol. The van der Waals surface area contributed by atoms with Crippen molar-refractivity contribution in [3.8, 4) is 0 Å². The van der Waals surface area contributed by atoms with Crippen LogP contribution < -0.4 is 5.32 Å². The highest BCUT2D eigenvalue weighted by molar-refractivity contribution is 5.95. The van der Waals surface area contributed by atoms with Crippen molar-refractivity contribution in [2.24, 2.45) is 14.1 Å². The fourth-order valence-corrected chi connectivity index (χ4v) is 1.95. The summed E-state index contributed by atoms with van der Waals surface area (Å²) in [6.07, 6.45) is 0.196. The monoisotopic (exact) mass is 283 g/mol. The first-order valence-electron chi connectivity index (χ1n) is 6.00. The molecule has 0 aromatic carbocycles. The molecular weight excluding hydrogens is 268 g/mol. The Bertz CT molecular complexity index is 619. The minimum Gasteiger partial charge on any atom is -0.322 e. The minimum absolute atomic E-state index is 0.0292. The number of anilines is 1. The van der Waals surface area contributed by atoms with Crippen LogP contribution in [0.3, 0.4) is 0 Å². The Hall–Kier alpha value is -2.25. The van der Waals surface area contributed by atoms with Crippen LogP contribution in [-0.4, -0.2) is 25.5 Å². The molecule has 108 valence electrons. The van der Waals surface area contributed by atoms with Crippen LogP contribution in [0.25, 0.3) is 0 Å². The van der Waals surface area contributed by atoms with E-state index in [2.05, 4.69) is 15.5 Å². The lowest BCUT2D eigenvalue weighted by Crippen LogP contribution is -2.21.